The van der Waals surface area contributed by atoms with E-state index in [1.165, 1.54) is 0 Å². The zero-order chi connectivity index (χ0) is 20.4. The summed E-state index contributed by atoms with van der Waals surface area (Å²) in [5.41, 5.74) is 6.23. The Kier molecular flexibility index (Phi) is 5.10. The van der Waals surface area contributed by atoms with E-state index in [9.17, 15) is 4.79 Å². The van der Waals surface area contributed by atoms with E-state index in [-0.39, 0.29) is 11.0 Å². The van der Waals surface area contributed by atoms with Crippen LogP contribution in [0.4, 0.5) is 5.69 Å². The largest absolute Gasteiger partial charge is 0.338 e. The summed E-state index contributed by atoms with van der Waals surface area (Å²) < 4.78 is 0. The highest BCUT2D eigenvalue weighted by Gasteiger charge is 2.11. The Morgan fingerprint density at radius 1 is 1.00 bits per heavy atom. The van der Waals surface area contributed by atoms with Gasteiger partial charge in [0.25, 0.3) is 5.91 Å². The predicted molar refractivity (Wildman–Crippen MR) is 121 cm³/mol. The highest BCUT2D eigenvalue weighted by Crippen LogP contribution is 2.23. The number of aromatic amines is 1. The number of benzene rings is 3. The topological polar surface area (TPSA) is 69.8 Å². The number of nitrogens with zero attached hydrogens (tertiary/aromatic N) is 1. The molecular formula is C23H20N4OS. The van der Waals surface area contributed by atoms with Crippen LogP contribution < -0.4 is 10.6 Å². The van der Waals surface area contributed by atoms with Crippen molar-refractivity contribution in [2.45, 2.75) is 13.8 Å². The molecule has 0 radical (unpaired) electrons. The Bertz CT molecular complexity index is 1200. The molecule has 0 bridgehead atoms. The Balaban J connectivity index is 1.48. The molecule has 1 amide bonds. The first kappa shape index (κ1) is 18.8. The zero-order valence-corrected chi connectivity index (χ0v) is 16.9. The normalized spacial score (nSPS) is 10.7. The van der Waals surface area contributed by atoms with Gasteiger partial charge in [0.1, 0.15) is 5.82 Å². The molecule has 4 rings (SSSR count). The molecule has 4 aromatic rings. The van der Waals surface area contributed by atoms with Gasteiger partial charge in [0.2, 0.25) is 0 Å². The van der Waals surface area contributed by atoms with Gasteiger partial charge in [-0.25, -0.2) is 4.98 Å². The molecule has 1 aromatic heterocycles. The van der Waals surface area contributed by atoms with E-state index in [0.717, 1.165) is 39.2 Å². The number of carbonyl (C=O) groups excluding carboxylic acids is 1. The molecule has 0 fully saturated rings. The molecule has 144 valence electrons. The fourth-order valence-corrected chi connectivity index (χ4v) is 3.45. The maximum absolute atomic E-state index is 12.5. The molecule has 6 heteroatoms. The molecule has 5 nitrogen and oxygen atoms in total. The van der Waals surface area contributed by atoms with Crippen LogP contribution in [0.2, 0.25) is 0 Å². The number of para-hydroxylation sites is 2. The van der Waals surface area contributed by atoms with E-state index in [1.54, 1.807) is 0 Å². The van der Waals surface area contributed by atoms with Crippen molar-refractivity contribution in [1.29, 1.82) is 0 Å². The first-order valence-electron chi connectivity index (χ1n) is 9.24. The smallest absolute Gasteiger partial charge is 0.257 e. The summed E-state index contributed by atoms with van der Waals surface area (Å²) in [5, 5.41) is 6.07. The van der Waals surface area contributed by atoms with Crippen LogP contribution in [-0.2, 0) is 0 Å². The van der Waals surface area contributed by atoms with Crippen molar-refractivity contribution < 1.29 is 4.79 Å². The van der Waals surface area contributed by atoms with Gasteiger partial charge in [-0.15, -0.1) is 0 Å². The number of aryl methyl sites for hydroxylation is 2. The fraction of sp³-hybridized carbons (Fsp3) is 0.0870. The Labute approximate surface area is 174 Å². The van der Waals surface area contributed by atoms with Crippen LogP contribution in [-0.4, -0.2) is 21.0 Å². The lowest BCUT2D eigenvalue weighted by Crippen LogP contribution is -2.34. The lowest BCUT2D eigenvalue weighted by atomic mass is 10.1. The van der Waals surface area contributed by atoms with E-state index in [0.29, 0.717) is 5.56 Å². The number of fused-ring (bicyclic) bond motifs is 1. The third-order valence-electron chi connectivity index (χ3n) is 4.64. The van der Waals surface area contributed by atoms with E-state index < -0.39 is 0 Å². The summed E-state index contributed by atoms with van der Waals surface area (Å²) in [7, 11) is 0. The van der Waals surface area contributed by atoms with Gasteiger partial charge in [0, 0.05) is 16.8 Å². The van der Waals surface area contributed by atoms with Crippen LogP contribution in [0.3, 0.4) is 0 Å². The number of carbonyl (C=O) groups is 1. The minimum Gasteiger partial charge on any atom is -0.338 e. The average Bonchev–Trinajstić information content (AvgIpc) is 3.12. The first-order chi connectivity index (χ1) is 14.0. The number of imidazole rings is 1. The number of hydrogen-bond donors (Lipinski definition) is 3. The van der Waals surface area contributed by atoms with Gasteiger partial charge in [-0.2, -0.15) is 0 Å². The van der Waals surface area contributed by atoms with Gasteiger partial charge >= 0.3 is 0 Å². The lowest BCUT2D eigenvalue weighted by Gasteiger charge is -2.12. The summed E-state index contributed by atoms with van der Waals surface area (Å²) >= 11 is 5.33. The van der Waals surface area contributed by atoms with Gasteiger partial charge in [-0.1, -0.05) is 42.0 Å². The SMILES string of the molecule is Cc1ccc(C(=O)NC(=S)Nc2cccc(-c3nc4ccccc4[nH]3)c2)c(C)c1. The van der Waals surface area contributed by atoms with Gasteiger partial charge in [-0.3, -0.25) is 10.1 Å². The maximum Gasteiger partial charge on any atom is 0.257 e. The molecule has 29 heavy (non-hydrogen) atoms. The van der Waals surface area contributed by atoms with Crippen molar-refractivity contribution in [2.24, 2.45) is 0 Å². The number of aromatic nitrogens is 2. The van der Waals surface area contributed by atoms with Gasteiger partial charge in [-0.05, 0) is 62.0 Å². The van der Waals surface area contributed by atoms with E-state index in [1.807, 2.05) is 80.6 Å². The summed E-state index contributed by atoms with van der Waals surface area (Å²) in [4.78, 5) is 20.4. The van der Waals surface area contributed by atoms with Crippen LogP contribution >= 0.6 is 12.2 Å². The zero-order valence-electron chi connectivity index (χ0n) is 16.1. The number of rotatable bonds is 3. The van der Waals surface area contributed by atoms with E-state index in [4.69, 9.17) is 12.2 Å². The molecule has 1 heterocycles. The molecule has 0 saturated heterocycles. The second-order valence-electron chi connectivity index (χ2n) is 6.91. The monoisotopic (exact) mass is 400 g/mol. The standard InChI is InChI=1S/C23H20N4OS/c1-14-10-11-18(15(2)12-14)22(28)27-23(29)24-17-7-5-6-16(13-17)21-25-19-8-3-4-9-20(19)26-21/h3-13H,1-2H3,(H,25,26)(H2,24,27,28,29). The third-order valence-corrected chi connectivity index (χ3v) is 4.84. The molecule has 0 aliphatic carbocycles. The number of anilines is 1. The van der Waals surface area contributed by atoms with Gasteiger partial charge in [0.15, 0.2) is 5.11 Å². The van der Waals surface area contributed by atoms with Crippen LogP contribution in [0.25, 0.3) is 22.4 Å². The average molecular weight is 401 g/mol. The van der Waals surface area contributed by atoms with Crippen molar-refractivity contribution in [2.75, 3.05) is 5.32 Å². The molecule has 3 N–H and O–H groups in total. The minimum absolute atomic E-state index is 0.228. The van der Waals surface area contributed by atoms with Crippen LogP contribution in [0.15, 0.2) is 66.7 Å². The number of thiocarbonyl (C=S) groups is 1. The predicted octanol–water partition coefficient (Wildman–Crippen LogP) is 4.97. The van der Waals surface area contributed by atoms with Crippen LogP contribution in [0.5, 0.6) is 0 Å². The molecule has 0 unspecified atom stereocenters. The maximum atomic E-state index is 12.5. The van der Waals surface area contributed by atoms with Crippen molar-refractivity contribution in [3.63, 3.8) is 0 Å². The second kappa shape index (κ2) is 7.85. The Morgan fingerprint density at radius 3 is 2.62 bits per heavy atom. The van der Waals surface area contributed by atoms with Crippen molar-refractivity contribution in [3.8, 4) is 11.4 Å². The molecule has 0 saturated carbocycles. The summed E-state index contributed by atoms with van der Waals surface area (Å²) in [5.74, 6) is 0.550. The summed E-state index contributed by atoms with van der Waals surface area (Å²) in [6.45, 7) is 3.91. The van der Waals surface area contributed by atoms with Crippen LogP contribution in [0, 0.1) is 13.8 Å². The minimum atomic E-state index is -0.228. The van der Waals surface area contributed by atoms with E-state index in [2.05, 4.69) is 20.6 Å². The molecule has 3 aromatic carbocycles. The quantitative estimate of drug-likeness (QED) is 0.425. The Hall–Kier alpha value is -3.51. The molecule has 0 atom stereocenters. The highest BCUT2D eigenvalue weighted by molar-refractivity contribution is 7.80. The Morgan fingerprint density at radius 2 is 1.83 bits per heavy atom. The number of hydrogen-bond acceptors (Lipinski definition) is 3. The highest BCUT2D eigenvalue weighted by atomic mass is 32.1. The van der Waals surface area contributed by atoms with Crippen molar-refractivity contribution >= 4 is 40.0 Å². The molecule has 0 aliphatic heterocycles. The lowest BCUT2D eigenvalue weighted by molar-refractivity contribution is 0.0977. The summed E-state index contributed by atoms with van der Waals surface area (Å²) in [6, 6.07) is 21.3. The number of nitrogens with one attached hydrogen (secondary N) is 3. The first-order valence-corrected chi connectivity index (χ1v) is 9.65. The molecule has 0 aliphatic rings. The van der Waals surface area contributed by atoms with Gasteiger partial charge < -0.3 is 10.3 Å². The molecular weight excluding hydrogens is 380 g/mol. The second-order valence-corrected chi connectivity index (χ2v) is 7.32. The molecule has 0 spiro atoms. The van der Waals surface area contributed by atoms with E-state index >= 15 is 0 Å². The third kappa shape index (κ3) is 4.17. The van der Waals surface area contributed by atoms with Crippen LogP contribution in [0.1, 0.15) is 21.5 Å². The fourth-order valence-electron chi connectivity index (χ4n) is 3.23. The van der Waals surface area contributed by atoms with Gasteiger partial charge in [0.05, 0.1) is 11.0 Å². The summed E-state index contributed by atoms with van der Waals surface area (Å²) in [6.07, 6.45) is 0. The van der Waals surface area contributed by atoms with Crippen molar-refractivity contribution in [1.82, 2.24) is 15.3 Å². The number of amides is 1. The number of H-pyrrole nitrogens is 1. The van der Waals surface area contributed by atoms with Crippen molar-refractivity contribution in [3.05, 3.63) is 83.4 Å².